The van der Waals surface area contributed by atoms with Crippen LogP contribution in [-0.2, 0) is 27.8 Å². The number of carbonyl (C=O) groups excluding carboxylic acids is 1. The van der Waals surface area contributed by atoms with Crippen LogP contribution in [0.3, 0.4) is 0 Å². The Hall–Kier alpha value is -3.51. The van der Waals surface area contributed by atoms with E-state index in [4.69, 9.17) is 14.2 Å². The second-order valence-electron chi connectivity index (χ2n) is 8.39. The number of hydrogen-bond acceptors (Lipinski definition) is 7. The van der Waals surface area contributed by atoms with E-state index in [1.54, 1.807) is 21.3 Å². The average Bonchev–Trinajstić information content (AvgIpc) is 3.26. The van der Waals surface area contributed by atoms with Crippen LogP contribution >= 0.6 is 11.3 Å². The summed E-state index contributed by atoms with van der Waals surface area (Å²) in [6.07, 6.45) is 0. The van der Waals surface area contributed by atoms with Gasteiger partial charge < -0.3 is 18.8 Å². The molecule has 0 atom stereocenters. The lowest BCUT2D eigenvalue weighted by Gasteiger charge is -2.17. The number of rotatable bonds is 10. The normalized spacial score (nSPS) is 12.3. The zero-order chi connectivity index (χ0) is 27.3. The van der Waals surface area contributed by atoms with Gasteiger partial charge in [0.15, 0.2) is 16.3 Å². The van der Waals surface area contributed by atoms with Gasteiger partial charge in [0, 0.05) is 44.9 Å². The van der Waals surface area contributed by atoms with E-state index in [-0.39, 0.29) is 17.0 Å². The highest BCUT2D eigenvalue weighted by molar-refractivity contribution is 7.89. The number of sulfonamides is 1. The SMILES string of the molecule is COCCn1c(=NC(=O)c2ccc(S(=O)(=O)N(C)Cc3ccccc3)cc2)sc2cc(OC)c(OC)cc21. The van der Waals surface area contributed by atoms with Crippen LogP contribution in [0.25, 0.3) is 10.2 Å². The molecule has 0 unspecified atom stereocenters. The van der Waals surface area contributed by atoms with Crippen molar-refractivity contribution in [2.45, 2.75) is 18.0 Å². The third kappa shape index (κ3) is 5.81. The van der Waals surface area contributed by atoms with Gasteiger partial charge in [-0.3, -0.25) is 4.79 Å². The molecule has 1 heterocycles. The molecular weight excluding hydrogens is 526 g/mol. The van der Waals surface area contributed by atoms with E-state index in [0.29, 0.717) is 29.5 Å². The summed E-state index contributed by atoms with van der Waals surface area (Å²) in [5.41, 5.74) is 1.99. The van der Waals surface area contributed by atoms with Gasteiger partial charge in [-0.15, -0.1) is 0 Å². The first-order chi connectivity index (χ1) is 18.3. The Kier molecular flexibility index (Phi) is 8.62. The van der Waals surface area contributed by atoms with Gasteiger partial charge in [0.25, 0.3) is 5.91 Å². The van der Waals surface area contributed by atoms with Crippen LogP contribution in [0.15, 0.2) is 76.6 Å². The summed E-state index contributed by atoms with van der Waals surface area (Å²) >= 11 is 1.34. The molecule has 1 amide bonds. The maximum atomic E-state index is 13.1. The van der Waals surface area contributed by atoms with E-state index < -0.39 is 15.9 Å². The zero-order valence-corrected chi connectivity index (χ0v) is 23.2. The third-order valence-corrected chi connectivity index (χ3v) is 8.82. The fourth-order valence-corrected chi connectivity index (χ4v) is 6.13. The smallest absolute Gasteiger partial charge is 0.279 e. The van der Waals surface area contributed by atoms with Gasteiger partial charge in [-0.1, -0.05) is 41.7 Å². The van der Waals surface area contributed by atoms with Crippen molar-refractivity contribution in [2.24, 2.45) is 4.99 Å². The lowest BCUT2D eigenvalue weighted by atomic mass is 10.2. The van der Waals surface area contributed by atoms with Gasteiger partial charge in [-0.05, 0) is 29.8 Å². The van der Waals surface area contributed by atoms with Crippen LogP contribution in [-0.4, -0.2) is 58.2 Å². The molecule has 0 saturated carbocycles. The van der Waals surface area contributed by atoms with Crippen molar-refractivity contribution < 1.29 is 27.4 Å². The molecule has 0 aliphatic carbocycles. The predicted octanol–water partition coefficient (Wildman–Crippen LogP) is 3.93. The number of aromatic nitrogens is 1. The lowest BCUT2D eigenvalue weighted by molar-refractivity contribution is 0.0997. The first-order valence-electron chi connectivity index (χ1n) is 11.7. The van der Waals surface area contributed by atoms with Crippen molar-refractivity contribution in [3.63, 3.8) is 0 Å². The minimum absolute atomic E-state index is 0.101. The average molecular weight is 556 g/mol. The van der Waals surface area contributed by atoms with Gasteiger partial charge in [0.05, 0.1) is 35.9 Å². The third-order valence-electron chi connectivity index (χ3n) is 5.96. The number of carbonyl (C=O) groups is 1. The Labute approximate surface area is 225 Å². The standard InChI is InChI=1S/C27H29N3O6S2/c1-29(18-19-8-6-5-7-9-19)38(32,33)21-12-10-20(11-13-21)26(31)28-27-30(14-15-34-2)22-16-23(35-3)24(36-4)17-25(22)37-27/h5-13,16-17H,14-15,18H2,1-4H3. The van der Waals surface area contributed by atoms with E-state index in [1.807, 2.05) is 47.0 Å². The highest BCUT2D eigenvalue weighted by Crippen LogP contribution is 2.33. The second-order valence-corrected chi connectivity index (χ2v) is 11.4. The molecule has 0 aliphatic heterocycles. The van der Waals surface area contributed by atoms with E-state index in [2.05, 4.69) is 4.99 Å². The molecule has 0 fully saturated rings. The van der Waals surface area contributed by atoms with Crippen LogP contribution in [0, 0.1) is 0 Å². The Bertz CT molecular complexity index is 1590. The summed E-state index contributed by atoms with van der Waals surface area (Å²) in [6, 6.07) is 18.9. The second kappa shape index (κ2) is 11.9. The molecule has 4 rings (SSSR count). The maximum Gasteiger partial charge on any atom is 0.279 e. The summed E-state index contributed by atoms with van der Waals surface area (Å²) in [5.74, 6) is 0.658. The number of hydrogen-bond donors (Lipinski definition) is 0. The molecule has 3 aromatic carbocycles. The summed E-state index contributed by atoms with van der Waals surface area (Å²) in [5, 5.41) is 0. The number of benzene rings is 3. The predicted molar refractivity (Wildman–Crippen MR) is 146 cm³/mol. The Balaban J connectivity index is 1.64. The quantitative estimate of drug-likeness (QED) is 0.294. The van der Waals surface area contributed by atoms with Crippen LogP contribution in [0.5, 0.6) is 11.5 Å². The highest BCUT2D eigenvalue weighted by atomic mass is 32.2. The Morgan fingerprint density at radius 2 is 1.63 bits per heavy atom. The van der Waals surface area contributed by atoms with Gasteiger partial charge in [-0.2, -0.15) is 9.30 Å². The molecule has 0 saturated heterocycles. The topological polar surface area (TPSA) is 99.4 Å². The van der Waals surface area contributed by atoms with Crippen molar-refractivity contribution in [3.8, 4) is 11.5 Å². The molecule has 0 N–H and O–H groups in total. The minimum Gasteiger partial charge on any atom is -0.493 e. The molecule has 0 aliphatic rings. The fourth-order valence-electron chi connectivity index (χ4n) is 3.91. The van der Waals surface area contributed by atoms with E-state index in [9.17, 15) is 13.2 Å². The molecular formula is C27H29N3O6S2. The van der Waals surface area contributed by atoms with Crippen LogP contribution in [0.2, 0.25) is 0 Å². The van der Waals surface area contributed by atoms with Crippen molar-refractivity contribution >= 4 is 37.5 Å². The molecule has 9 nitrogen and oxygen atoms in total. The first kappa shape index (κ1) is 27.5. The van der Waals surface area contributed by atoms with Gasteiger partial charge in [-0.25, -0.2) is 8.42 Å². The maximum absolute atomic E-state index is 13.1. The molecule has 1 aromatic heterocycles. The molecule has 11 heteroatoms. The molecule has 38 heavy (non-hydrogen) atoms. The largest absolute Gasteiger partial charge is 0.493 e. The van der Waals surface area contributed by atoms with Crippen molar-refractivity contribution in [1.82, 2.24) is 8.87 Å². The summed E-state index contributed by atoms with van der Waals surface area (Å²) in [6.45, 7) is 1.13. The lowest BCUT2D eigenvalue weighted by Crippen LogP contribution is -2.26. The number of thiazole rings is 1. The molecule has 0 spiro atoms. The number of fused-ring (bicyclic) bond motifs is 1. The minimum atomic E-state index is -3.73. The fraction of sp³-hybridized carbons (Fsp3) is 0.259. The number of nitrogens with zero attached hydrogens (tertiary/aromatic N) is 3. The monoisotopic (exact) mass is 555 g/mol. The van der Waals surface area contributed by atoms with Gasteiger partial charge >= 0.3 is 0 Å². The number of methoxy groups -OCH3 is 3. The molecule has 4 aromatic rings. The summed E-state index contributed by atoms with van der Waals surface area (Å²) in [4.78, 5) is 18.0. The molecule has 200 valence electrons. The summed E-state index contributed by atoms with van der Waals surface area (Å²) < 4.78 is 46.2. The van der Waals surface area contributed by atoms with Gasteiger partial charge in [0.1, 0.15) is 0 Å². The molecule has 0 bridgehead atoms. The van der Waals surface area contributed by atoms with E-state index >= 15 is 0 Å². The van der Waals surface area contributed by atoms with Gasteiger partial charge in [0.2, 0.25) is 10.0 Å². The van der Waals surface area contributed by atoms with Crippen LogP contribution in [0.1, 0.15) is 15.9 Å². The van der Waals surface area contributed by atoms with Crippen molar-refractivity contribution in [1.29, 1.82) is 0 Å². The Morgan fingerprint density at radius 3 is 2.26 bits per heavy atom. The van der Waals surface area contributed by atoms with Crippen molar-refractivity contribution in [2.75, 3.05) is 35.0 Å². The van der Waals surface area contributed by atoms with Crippen LogP contribution < -0.4 is 14.3 Å². The number of ether oxygens (including phenoxy) is 3. The van der Waals surface area contributed by atoms with E-state index in [1.165, 1.54) is 47.0 Å². The summed E-state index contributed by atoms with van der Waals surface area (Å²) in [7, 11) is 2.53. The van der Waals surface area contributed by atoms with E-state index in [0.717, 1.165) is 15.8 Å². The van der Waals surface area contributed by atoms with Crippen molar-refractivity contribution in [3.05, 3.63) is 82.7 Å². The first-order valence-corrected chi connectivity index (χ1v) is 14.0. The van der Waals surface area contributed by atoms with Crippen LogP contribution in [0.4, 0.5) is 0 Å². The highest BCUT2D eigenvalue weighted by Gasteiger charge is 2.21. The number of amides is 1. The molecule has 0 radical (unpaired) electrons. The Morgan fingerprint density at radius 1 is 0.974 bits per heavy atom. The zero-order valence-electron chi connectivity index (χ0n) is 21.6.